The van der Waals surface area contributed by atoms with E-state index in [1.165, 1.54) is 12.1 Å². The van der Waals surface area contributed by atoms with Gasteiger partial charge in [-0.05, 0) is 12.5 Å². The fourth-order valence-corrected chi connectivity index (χ4v) is 2.62. The first-order valence-electron chi connectivity index (χ1n) is 8.53. The summed E-state index contributed by atoms with van der Waals surface area (Å²) in [4.78, 5) is 30.4. The third-order valence-electron chi connectivity index (χ3n) is 4.13. The van der Waals surface area contributed by atoms with E-state index in [0.29, 0.717) is 39.3 Å². The molecule has 0 saturated carbocycles. The maximum Gasteiger partial charge on any atom is 0.269 e. The third kappa shape index (κ3) is 7.16. The number of benzene rings is 1. The first-order valence-corrected chi connectivity index (χ1v) is 8.53. The van der Waals surface area contributed by atoms with Crippen LogP contribution in [0.4, 0.5) is 5.69 Å². The summed E-state index contributed by atoms with van der Waals surface area (Å²) in [6, 6.07) is 6.40. The molecule has 1 fully saturated rings. The molecule has 148 valence electrons. The molecule has 1 amide bonds. The first kappa shape index (κ1) is 22.9. The molecular weight excluding hydrogens is 461 g/mol. The summed E-state index contributed by atoms with van der Waals surface area (Å²) in [5, 5.41) is 14.0. The minimum Gasteiger partial charge on any atom is -0.353 e. The lowest BCUT2D eigenvalue weighted by molar-refractivity contribution is -0.384. The number of carbonyl (C=O) groups is 1. The molecule has 1 N–H and O–H groups in total. The Morgan fingerprint density at radius 2 is 1.74 bits per heavy atom. The van der Waals surface area contributed by atoms with Crippen LogP contribution in [0.2, 0.25) is 0 Å². The minimum atomic E-state index is -0.415. The molecule has 27 heavy (non-hydrogen) atoms. The van der Waals surface area contributed by atoms with E-state index in [1.807, 2.05) is 11.8 Å². The van der Waals surface area contributed by atoms with Crippen molar-refractivity contribution in [3.8, 4) is 0 Å². The standard InChI is InChI=1S/C18H25N5O3.HI/c1-14(2)12-19-18(22-10-8-21(9-11-22)15(3)24)20-13-16-4-6-17(7-5-16)23(25)26;/h4-7H,1,8-13H2,2-3H3,(H,19,20);1H. The van der Waals surface area contributed by atoms with Crippen molar-refractivity contribution in [2.45, 2.75) is 20.4 Å². The average molecular weight is 487 g/mol. The summed E-state index contributed by atoms with van der Waals surface area (Å²) in [7, 11) is 0. The molecule has 9 heteroatoms. The number of hydrogen-bond donors (Lipinski definition) is 1. The van der Waals surface area contributed by atoms with Gasteiger partial charge in [0.1, 0.15) is 0 Å². The van der Waals surface area contributed by atoms with Gasteiger partial charge < -0.3 is 15.1 Å². The van der Waals surface area contributed by atoms with Gasteiger partial charge in [-0.25, -0.2) is 4.99 Å². The predicted molar refractivity (Wildman–Crippen MR) is 116 cm³/mol. The summed E-state index contributed by atoms with van der Waals surface area (Å²) >= 11 is 0. The van der Waals surface area contributed by atoms with Gasteiger partial charge in [0.25, 0.3) is 5.69 Å². The zero-order valence-electron chi connectivity index (χ0n) is 15.7. The van der Waals surface area contributed by atoms with Crippen LogP contribution in [0, 0.1) is 10.1 Å². The zero-order chi connectivity index (χ0) is 19.1. The van der Waals surface area contributed by atoms with E-state index in [1.54, 1.807) is 19.1 Å². The summed E-state index contributed by atoms with van der Waals surface area (Å²) in [6.07, 6.45) is 0. The van der Waals surface area contributed by atoms with E-state index in [4.69, 9.17) is 0 Å². The van der Waals surface area contributed by atoms with Crippen molar-refractivity contribution >= 4 is 41.5 Å². The van der Waals surface area contributed by atoms with Crippen LogP contribution in [0.25, 0.3) is 0 Å². The molecule has 8 nitrogen and oxygen atoms in total. The molecule has 0 unspecified atom stereocenters. The van der Waals surface area contributed by atoms with Gasteiger partial charge in [0.15, 0.2) is 5.96 Å². The maximum atomic E-state index is 11.5. The highest BCUT2D eigenvalue weighted by molar-refractivity contribution is 14.0. The highest BCUT2D eigenvalue weighted by Gasteiger charge is 2.21. The van der Waals surface area contributed by atoms with E-state index in [0.717, 1.165) is 17.1 Å². The Kier molecular flexibility index (Phi) is 9.19. The van der Waals surface area contributed by atoms with Gasteiger partial charge in [-0.1, -0.05) is 24.3 Å². The molecule has 0 bridgehead atoms. The Bertz CT molecular complexity index is 697. The number of nitrogens with one attached hydrogen (secondary N) is 1. The molecule has 1 aromatic carbocycles. The Morgan fingerprint density at radius 3 is 2.22 bits per heavy atom. The second kappa shape index (κ2) is 10.9. The van der Waals surface area contributed by atoms with E-state index >= 15 is 0 Å². The van der Waals surface area contributed by atoms with Crippen molar-refractivity contribution in [3.63, 3.8) is 0 Å². The Morgan fingerprint density at radius 1 is 1.19 bits per heavy atom. The lowest BCUT2D eigenvalue weighted by Gasteiger charge is -2.36. The molecule has 0 aromatic heterocycles. The number of aliphatic imine (C=N–C) groups is 1. The molecule has 2 rings (SSSR count). The fraction of sp³-hybridized carbons (Fsp3) is 0.444. The molecule has 1 saturated heterocycles. The molecule has 1 aliphatic rings. The van der Waals surface area contributed by atoms with Gasteiger partial charge in [-0.15, -0.1) is 24.0 Å². The Labute approximate surface area is 176 Å². The van der Waals surface area contributed by atoms with E-state index in [-0.39, 0.29) is 35.6 Å². The van der Waals surface area contributed by atoms with E-state index in [9.17, 15) is 14.9 Å². The maximum absolute atomic E-state index is 11.5. The van der Waals surface area contributed by atoms with Gasteiger partial charge in [-0.2, -0.15) is 0 Å². The Hall–Kier alpha value is -2.17. The summed E-state index contributed by atoms with van der Waals surface area (Å²) < 4.78 is 0. The fourth-order valence-electron chi connectivity index (χ4n) is 2.62. The minimum absolute atomic E-state index is 0. The average Bonchev–Trinajstić information content (AvgIpc) is 2.62. The van der Waals surface area contributed by atoms with Crippen LogP contribution in [-0.2, 0) is 11.3 Å². The number of guanidine groups is 1. The third-order valence-corrected chi connectivity index (χ3v) is 4.13. The summed E-state index contributed by atoms with van der Waals surface area (Å²) in [5.74, 6) is 0.846. The van der Waals surface area contributed by atoms with Crippen molar-refractivity contribution in [1.29, 1.82) is 0 Å². The monoisotopic (exact) mass is 487 g/mol. The number of carbonyl (C=O) groups excluding carboxylic acids is 1. The lowest BCUT2D eigenvalue weighted by Crippen LogP contribution is -2.53. The molecule has 0 atom stereocenters. The van der Waals surface area contributed by atoms with Crippen molar-refractivity contribution in [2.75, 3.05) is 32.7 Å². The van der Waals surface area contributed by atoms with Crippen molar-refractivity contribution in [3.05, 3.63) is 52.1 Å². The van der Waals surface area contributed by atoms with Crippen LogP contribution in [0.3, 0.4) is 0 Å². The number of piperazine rings is 1. The smallest absolute Gasteiger partial charge is 0.269 e. The lowest BCUT2D eigenvalue weighted by atomic mass is 10.2. The van der Waals surface area contributed by atoms with Gasteiger partial charge in [0, 0.05) is 51.8 Å². The second-order valence-electron chi connectivity index (χ2n) is 6.37. The molecular formula is C18H26IN5O3. The van der Waals surface area contributed by atoms with Gasteiger partial charge in [-0.3, -0.25) is 14.9 Å². The predicted octanol–water partition coefficient (Wildman–Crippen LogP) is 2.40. The number of rotatable bonds is 5. The SMILES string of the molecule is C=C(C)CNC(=NCc1ccc([N+](=O)[O-])cc1)N1CCN(C(C)=O)CC1.I. The van der Waals surface area contributed by atoms with Crippen LogP contribution in [-0.4, -0.2) is 59.3 Å². The van der Waals surface area contributed by atoms with Gasteiger partial charge in [0.2, 0.25) is 5.91 Å². The normalized spacial score (nSPS) is 14.4. The summed E-state index contributed by atoms with van der Waals surface area (Å²) in [6.45, 7) is 11.2. The van der Waals surface area contributed by atoms with Crippen LogP contribution >= 0.6 is 24.0 Å². The highest BCUT2D eigenvalue weighted by atomic mass is 127. The number of nitro benzene ring substituents is 1. The molecule has 1 aliphatic heterocycles. The summed E-state index contributed by atoms with van der Waals surface area (Å²) in [5.41, 5.74) is 1.96. The van der Waals surface area contributed by atoms with Crippen molar-refractivity contribution in [1.82, 2.24) is 15.1 Å². The van der Waals surface area contributed by atoms with Crippen molar-refractivity contribution < 1.29 is 9.72 Å². The number of nitro groups is 1. The largest absolute Gasteiger partial charge is 0.353 e. The quantitative estimate of drug-likeness (QED) is 0.172. The topological polar surface area (TPSA) is 91.1 Å². The zero-order valence-corrected chi connectivity index (χ0v) is 18.0. The van der Waals surface area contributed by atoms with E-state index in [2.05, 4.69) is 21.8 Å². The van der Waals surface area contributed by atoms with Crippen LogP contribution in [0.1, 0.15) is 19.4 Å². The Balaban J connectivity index is 0.00000364. The molecule has 1 heterocycles. The molecule has 0 radical (unpaired) electrons. The number of non-ortho nitro benzene ring substituents is 1. The highest BCUT2D eigenvalue weighted by Crippen LogP contribution is 2.13. The number of amides is 1. The number of halogens is 1. The second-order valence-corrected chi connectivity index (χ2v) is 6.37. The number of nitrogens with zero attached hydrogens (tertiary/aromatic N) is 4. The van der Waals surface area contributed by atoms with Crippen LogP contribution in [0.15, 0.2) is 41.4 Å². The molecule has 0 spiro atoms. The van der Waals surface area contributed by atoms with Crippen LogP contribution in [0.5, 0.6) is 0 Å². The van der Waals surface area contributed by atoms with Gasteiger partial charge >= 0.3 is 0 Å². The van der Waals surface area contributed by atoms with Gasteiger partial charge in [0.05, 0.1) is 11.5 Å². The van der Waals surface area contributed by atoms with Crippen molar-refractivity contribution in [2.24, 2.45) is 4.99 Å². The van der Waals surface area contributed by atoms with E-state index < -0.39 is 4.92 Å². The first-order chi connectivity index (χ1) is 12.4. The molecule has 1 aromatic rings. The molecule has 0 aliphatic carbocycles. The number of hydrogen-bond acceptors (Lipinski definition) is 4. The van der Waals surface area contributed by atoms with Crippen LogP contribution < -0.4 is 5.32 Å².